The highest BCUT2D eigenvalue weighted by Gasteiger charge is 2.09. The van der Waals surface area contributed by atoms with Crippen LogP contribution in [0.15, 0.2) is 0 Å². The zero-order valence-corrected chi connectivity index (χ0v) is 10.1. The van der Waals surface area contributed by atoms with Crippen molar-refractivity contribution in [3.63, 3.8) is 0 Å². The number of rotatable bonds is 9. The fourth-order valence-electron chi connectivity index (χ4n) is 1.75. The van der Waals surface area contributed by atoms with Gasteiger partial charge in [0.05, 0.1) is 0 Å². The molecule has 84 valence electrons. The van der Waals surface area contributed by atoms with E-state index in [1.165, 1.54) is 19.3 Å². The van der Waals surface area contributed by atoms with Crippen LogP contribution in [0.4, 0.5) is 0 Å². The molecule has 0 aliphatic carbocycles. The van der Waals surface area contributed by atoms with Crippen molar-refractivity contribution >= 4 is 5.78 Å². The Balaban J connectivity index is 3.44. The highest BCUT2D eigenvalue weighted by molar-refractivity contribution is 5.78. The van der Waals surface area contributed by atoms with Crippen LogP contribution in [0.5, 0.6) is 0 Å². The number of ketones is 1. The molecule has 0 aromatic rings. The third kappa shape index (κ3) is 7.11. The summed E-state index contributed by atoms with van der Waals surface area (Å²) in [4.78, 5) is 11.5. The third-order valence-electron chi connectivity index (χ3n) is 2.98. The maximum atomic E-state index is 11.5. The molecule has 14 heavy (non-hydrogen) atoms. The van der Waals surface area contributed by atoms with Crippen LogP contribution in [0, 0.1) is 5.92 Å². The monoisotopic (exact) mass is 198 g/mol. The minimum atomic E-state index is 0.481. The van der Waals surface area contributed by atoms with Gasteiger partial charge < -0.3 is 0 Å². The molecule has 1 heteroatoms. The van der Waals surface area contributed by atoms with Crippen LogP contribution in [0.3, 0.4) is 0 Å². The highest BCUT2D eigenvalue weighted by Crippen LogP contribution is 2.15. The van der Waals surface area contributed by atoms with E-state index in [1.54, 1.807) is 0 Å². The predicted octanol–water partition coefficient (Wildman–Crippen LogP) is 4.35. The number of hydrogen-bond donors (Lipinski definition) is 0. The minimum Gasteiger partial charge on any atom is -0.300 e. The van der Waals surface area contributed by atoms with Crippen molar-refractivity contribution in [1.29, 1.82) is 0 Å². The van der Waals surface area contributed by atoms with Gasteiger partial charge in [-0.25, -0.2) is 0 Å². The Labute approximate surface area is 89.3 Å². The molecular formula is C13H26O. The van der Waals surface area contributed by atoms with Gasteiger partial charge in [-0.1, -0.05) is 52.9 Å². The van der Waals surface area contributed by atoms with Gasteiger partial charge in [-0.05, 0) is 12.3 Å². The number of unbranched alkanes of at least 4 members (excludes halogenated alkanes) is 3. The number of carbonyl (C=O) groups excluding carboxylic acids is 1. The second-order valence-corrected chi connectivity index (χ2v) is 4.24. The van der Waals surface area contributed by atoms with Crippen molar-refractivity contribution in [1.82, 2.24) is 0 Å². The molecule has 0 amide bonds. The first-order valence-corrected chi connectivity index (χ1v) is 6.26. The summed E-state index contributed by atoms with van der Waals surface area (Å²) in [6.45, 7) is 6.56. The van der Waals surface area contributed by atoms with Gasteiger partial charge >= 0.3 is 0 Å². The molecule has 0 bridgehead atoms. The summed E-state index contributed by atoms with van der Waals surface area (Å²) < 4.78 is 0. The van der Waals surface area contributed by atoms with E-state index < -0.39 is 0 Å². The summed E-state index contributed by atoms with van der Waals surface area (Å²) >= 11 is 0. The molecule has 0 spiro atoms. The summed E-state index contributed by atoms with van der Waals surface area (Å²) in [6.07, 6.45) is 8.79. The number of Topliss-reactive ketones (excluding diaryl/α,β-unsaturated/α-hetero) is 1. The molecule has 1 nitrogen and oxygen atoms in total. The zero-order valence-electron chi connectivity index (χ0n) is 10.1. The van der Waals surface area contributed by atoms with Crippen LogP contribution in [-0.4, -0.2) is 5.78 Å². The van der Waals surface area contributed by atoms with Gasteiger partial charge in [0.25, 0.3) is 0 Å². The van der Waals surface area contributed by atoms with Crippen molar-refractivity contribution in [2.24, 2.45) is 5.92 Å². The third-order valence-corrected chi connectivity index (χ3v) is 2.98. The lowest BCUT2D eigenvalue weighted by Gasteiger charge is -2.10. The topological polar surface area (TPSA) is 17.1 Å². The average Bonchev–Trinajstić information content (AvgIpc) is 2.21. The van der Waals surface area contributed by atoms with Crippen LogP contribution < -0.4 is 0 Å². The molecular weight excluding hydrogens is 172 g/mol. The molecule has 0 N–H and O–H groups in total. The van der Waals surface area contributed by atoms with Gasteiger partial charge in [-0.2, -0.15) is 0 Å². The molecule has 0 unspecified atom stereocenters. The van der Waals surface area contributed by atoms with E-state index in [0.29, 0.717) is 11.7 Å². The summed E-state index contributed by atoms with van der Waals surface area (Å²) in [5.74, 6) is 1.11. The molecule has 0 aromatic heterocycles. The minimum absolute atomic E-state index is 0.481. The summed E-state index contributed by atoms with van der Waals surface area (Å²) in [6, 6.07) is 0. The maximum Gasteiger partial charge on any atom is 0.133 e. The Morgan fingerprint density at radius 3 is 2.14 bits per heavy atom. The van der Waals surface area contributed by atoms with Crippen molar-refractivity contribution in [2.75, 3.05) is 0 Å². The Hall–Kier alpha value is -0.330. The molecule has 0 fully saturated rings. The molecule has 0 atom stereocenters. The molecule has 0 saturated carbocycles. The summed E-state index contributed by atoms with van der Waals surface area (Å²) in [7, 11) is 0. The van der Waals surface area contributed by atoms with Crippen LogP contribution >= 0.6 is 0 Å². The number of carbonyl (C=O) groups is 1. The van der Waals surface area contributed by atoms with E-state index in [1.807, 2.05) is 0 Å². The van der Waals surface area contributed by atoms with Crippen LogP contribution in [0.2, 0.25) is 0 Å². The lowest BCUT2D eigenvalue weighted by atomic mass is 9.95. The Bertz CT molecular complexity index is 136. The molecule has 0 radical (unpaired) electrons. The Morgan fingerprint density at radius 1 is 1.00 bits per heavy atom. The lowest BCUT2D eigenvalue weighted by molar-refractivity contribution is -0.120. The van der Waals surface area contributed by atoms with E-state index in [0.717, 1.165) is 32.1 Å². The normalized spacial score (nSPS) is 10.9. The summed E-state index contributed by atoms with van der Waals surface area (Å²) in [5.41, 5.74) is 0. The van der Waals surface area contributed by atoms with Gasteiger partial charge in [0.2, 0.25) is 0 Å². The molecule has 0 saturated heterocycles. The van der Waals surface area contributed by atoms with Crippen LogP contribution in [0.1, 0.15) is 72.1 Å². The van der Waals surface area contributed by atoms with Gasteiger partial charge in [-0.3, -0.25) is 4.79 Å². The van der Waals surface area contributed by atoms with E-state index in [4.69, 9.17) is 0 Å². The average molecular weight is 198 g/mol. The summed E-state index contributed by atoms with van der Waals surface area (Å²) in [5, 5.41) is 0. The zero-order chi connectivity index (χ0) is 10.8. The lowest BCUT2D eigenvalue weighted by Crippen LogP contribution is -2.06. The fourth-order valence-corrected chi connectivity index (χ4v) is 1.75. The van der Waals surface area contributed by atoms with Crippen LogP contribution in [-0.2, 0) is 4.79 Å². The standard InChI is InChI=1S/C13H26O/c1-4-7-8-9-10-13(14)11-12(5-2)6-3/h12H,4-11H2,1-3H3. The second kappa shape index (κ2) is 9.23. The molecule has 0 aliphatic heterocycles. The quantitative estimate of drug-likeness (QED) is 0.503. The van der Waals surface area contributed by atoms with Crippen molar-refractivity contribution in [2.45, 2.75) is 72.1 Å². The van der Waals surface area contributed by atoms with Gasteiger partial charge in [-0.15, -0.1) is 0 Å². The highest BCUT2D eigenvalue weighted by atomic mass is 16.1. The molecule has 0 aliphatic rings. The smallest absolute Gasteiger partial charge is 0.133 e. The van der Waals surface area contributed by atoms with Gasteiger partial charge in [0.15, 0.2) is 0 Å². The van der Waals surface area contributed by atoms with E-state index >= 15 is 0 Å². The van der Waals surface area contributed by atoms with E-state index in [9.17, 15) is 4.79 Å². The maximum absolute atomic E-state index is 11.5. The SMILES string of the molecule is CCCCCCC(=O)CC(CC)CC. The number of hydrogen-bond acceptors (Lipinski definition) is 1. The largest absolute Gasteiger partial charge is 0.300 e. The Morgan fingerprint density at radius 2 is 1.64 bits per heavy atom. The molecule has 0 rings (SSSR count). The van der Waals surface area contributed by atoms with E-state index in [2.05, 4.69) is 20.8 Å². The van der Waals surface area contributed by atoms with Crippen LogP contribution in [0.25, 0.3) is 0 Å². The van der Waals surface area contributed by atoms with Crippen molar-refractivity contribution < 1.29 is 4.79 Å². The first kappa shape index (κ1) is 13.7. The fraction of sp³-hybridized carbons (Fsp3) is 0.923. The van der Waals surface area contributed by atoms with E-state index in [-0.39, 0.29) is 0 Å². The van der Waals surface area contributed by atoms with Crippen molar-refractivity contribution in [3.8, 4) is 0 Å². The van der Waals surface area contributed by atoms with Gasteiger partial charge in [0, 0.05) is 12.8 Å². The Kier molecular flexibility index (Phi) is 9.02. The van der Waals surface area contributed by atoms with Gasteiger partial charge in [0.1, 0.15) is 5.78 Å². The first-order valence-electron chi connectivity index (χ1n) is 6.26. The molecule has 0 aromatic carbocycles. The predicted molar refractivity (Wildman–Crippen MR) is 62.5 cm³/mol. The molecule has 0 heterocycles. The first-order chi connectivity index (χ1) is 6.74. The van der Waals surface area contributed by atoms with Crippen molar-refractivity contribution in [3.05, 3.63) is 0 Å². The second-order valence-electron chi connectivity index (χ2n) is 4.24.